The number of aliphatic hydroxyl groups is 1. The minimum absolute atomic E-state index is 0.258. The van der Waals surface area contributed by atoms with Crippen LogP contribution in [0.3, 0.4) is 0 Å². The van der Waals surface area contributed by atoms with Crippen LogP contribution in [-0.4, -0.2) is 11.4 Å². The molecule has 1 N–H and O–H groups in total. The van der Waals surface area contributed by atoms with Gasteiger partial charge in [0.1, 0.15) is 0 Å². The van der Waals surface area contributed by atoms with E-state index in [0.717, 1.165) is 17.9 Å². The van der Waals surface area contributed by atoms with Gasteiger partial charge in [0.2, 0.25) is 0 Å². The summed E-state index contributed by atoms with van der Waals surface area (Å²) in [6.07, 6.45) is 5.35. The van der Waals surface area contributed by atoms with Gasteiger partial charge >= 0.3 is 0 Å². The number of hydrogen-bond acceptors (Lipinski definition) is 2. The SMILES string of the molecule is CSc1ccccc1C(O)CC1CC1. The molecule has 0 aromatic heterocycles. The molecule has 0 heterocycles. The van der Waals surface area contributed by atoms with E-state index in [9.17, 15) is 5.11 Å². The monoisotopic (exact) mass is 208 g/mol. The summed E-state index contributed by atoms with van der Waals surface area (Å²) in [6, 6.07) is 8.15. The molecule has 0 bridgehead atoms. The van der Waals surface area contributed by atoms with E-state index < -0.39 is 0 Å². The summed E-state index contributed by atoms with van der Waals surface area (Å²) < 4.78 is 0. The van der Waals surface area contributed by atoms with E-state index >= 15 is 0 Å². The van der Waals surface area contributed by atoms with E-state index in [4.69, 9.17) is 0 Å². The lowest BCUT2D eigenvalue weighted by molar-refractivity contribution is 0.157. The Morgan fingerprint density at radius 3 is 2.79 bits per heavy atom. The van der Waals surface area contributed by atoms with Crippen molar-refractivity contribution in [3.05, 3.63) is 29.8 Å². The van der Waals surface area contributed by atoms with Crippen LogP contribution in [-0.2, 0) is 0 Å². The van der Waals surface area contributed by atoms with Crippen LogP contribution in [0.1, 0.15) is 30.9 Å². The number of aliphatic hydroxyl groups excluding tert-OH is 1. The molecule has 1 fully saturated rings. The third-order valence-corrected chi connectivity index (χ3v) is 3.56. The van der Waals surface area contributed by atoms with Gasteiger partial charge in [-0.15, -0.1) is 11.8 Å². The summed E-state index contributed by atoms with van der Waals surface area (Å²) in [4.78, 5) is 1.21. The third kappa shape index (κ3) is 2.31. The third-order valence-electron chi connectivity index (χ3n) is 2.75. The molecule has 1 aliphatic carbocycles. The first-order valence-electron chi connectivity index (χ1n) is 5.12. The first kappa shape index (κ1) is 10.1. The zero-order valence-corrected chi connectivity index (χ0v) is 9.26. The summed E-state index contributed by atoms with van der Waals surface area (Å²) in [6.45, 7) is 0. The van der Waals surface area contributed by atoms with Crippen LogP contribution in [0.25, 0.3) is 0 Å². The highest BCUT2D eigenvalue weighted by Gasteiger charge is 2.25. The molecule has 1 aromatic rings. The first-order valence-corrected chi connectivity index (χ1v) is 6.34. The molecule has 1 aromatic carbocycles. The van der Waals surface area contributed by atoms with E-state index in [0.29, 0.717) is 0 Å². The molecule has 0 amide bonds. The second-order valence-corrected chi connectivity index (χ2v) is 4.78. The number of hydrogen-bond donors (Lipinski definition) is 1. The average Bonchev–Trinajstić information content (AvgIpc) is 3.01. The van der Waals surface area contributed by atoms with E-state index in [1.54, 1.807) is 11.8 Å². The van der Waals surface area contributed by atoms with Gasteiger partial charge < -0.3 is 5.11 Å². The second-order valence-electron chi connectivity index (χ2n) is 3.94. The van der Waals surface area contributed by atoms with Crippen LogP contribution in [0, 0.1) is 5.92 Å². The minimum Gasteiger partial charge on any atom is -0.388 e. The van der Waals surface area contributed by atoms with Gasteiger partial charge in [-0.2, -0.15) is 0 Å². The molecule has 1 saturated carbocycles. The lowest BCUT2D eigenvalue weighted by atomic mass is 10.0. The highest BCUT2D eigenvalue weighted by molar-refractivity contribution is 7.98. The lowest BCUT2D eigenvalue weighted by Crippen LogP contribution is -2.00. The fraction of sp³-hybridized carbons (Fsp3) is 0.500. The fourth-order valence-corrected chi connectivity index (χ4v) is 2.39. The number of thioether (sulfide) groups is 1. The molecule has 1 atom stereocenters. The predicted molar refractivity (Wildman–Crippen MR) is 60.5 cm³/mol. The summed E-state index contributed by atoms with van der Waals surface area (Å²) >= 11 is 1.71. The summed E-state index contributed by atoms with van der Waals surface area (Å²) in [5.41, 5.74) is 1.10. The van der Waals surface area contributed by atoms with Gasteiger partial charge in [-0.05, 0) is 30.2 Å². The Hall–Kier alpha value is -0.470. The average molecular weight is 208 g/mol. The van der Waals surface area contributed by atoms with Gasteiger partial charge in [0.25, 0.3) is 0 Å². The van der Waals surface area contributed by atoms with Crippen molar-refractivity contribution in [1.82, 2.24) is 0 Å². The molecule has 2 heteroatoms. The number of benzene rings is 1. The van der Waals surface area contributed by atoms with Crippen molar-refractivity contribution >= 4 is 11.8 Å². The van der Waals surface area contributed by atoms with Gasteiger partial charge in [0, 0.05) is 4.90 Å². The van der Waals surface area contributed by atoms with Crippen LogP contribution in [0.15, 0.2) is 29.2 Å². The van der Waals surface area contributed by atoms with Crippen molar-refractivity contribution < 1.29 is 5.11 Å². The molecule has 76 valence electrons. The maximum atomic E-state index is 10.0. The molecule has 0 saturated heterocycles. The van der Waals surface area contributed by atoms with Crippen molar-refractivity contribution in [2.24, 2.45) is 5.92 Å². The van der Waals surface area contributed by atoms with Crippen LogP contribution in [0.2, 0.25) is 0 Å². The van der Waals surface area contributed by atoms with Crippen LogP contribution >= 0.6 is 11.8 Å². The van der Waals surface area contributed by atoms with Gasteiger partial charge in [-0.1, -0.05) is 31.0 Å². The zero-order valence-electron chi connectivity index (χ0n) is 8.44. The van der Waals surface area contributed by atoms with Crippen molar-refractivity contribution in [3.63, 3.8) is 0 Å². The van der Waals surface area contributed by atoms with E-state index in [1.165, 1.54) is 17.7 Å². The normalized spacial score (nSPS) is 18.1. The van der Waals surface area contributed by atoms with Crippen molar-refractivity contribution in [2.45, 2.75) is 30.3 Å². The molecule has 1 nitrogen and oxygen atoms in total. The Balaban J connectivity index is 2.11. The second kappa shape index (κ2) is 4.37. The molecular formula is C12H16OS. The first-order chi connectivity index (χ1) is 6.81. The Kier molecular flexibility index (Phi) is 3.14. The Morgan fingerprint density at radius 2 is 2.14 bits per heavy atom. The zero-order chi connectivity index (χ0) is 9.97. The largest absolute Gasteiger partial charge is 0.388 e. The Labute approximate surface area is 89.5 Å². The van der Waals surface area contributed by atoms with Gasteiger partial charge in [0.15, 0.2) is 0 Å². The maximum absolute atomic E-state index is 10.0. The topological polar surface area (TPSA) is 20.2 Å². The molecule has 0 radical (unpaired) electrons. The van der Waals surface area contributed by atoms with Crippen molar-refractivity contribution in [2.75, 3.05) is 6.26 Å². The Morgan fingerprint density at radius 1 is 1.43 bits per heavy atom. The van der Waals surface area contributed by atoms with Gasteiger partial charge in [-0.25, -0.2) is 0 Å². The molecule has 0 spiro atoms. The van der Waals surface area contributed by atoms with Gasteiger partial charge in [-0.3, -0.25) is 0 Å². The van der Waals surface area contributed by atoms with E-state index in [1.807, 2.05) is 18.2 Å². The van der Waals surface area contributed by atoms with Crippen LogP contribution < -0.4 is 0 Å². The standard InChI is InChI=1S/C12H16OS/c1-14-12-5-3-2-4-10(12)11(13)8-9-6-7-9/h2-5,9,11,13H,6-8H2,1H3. The fourth-order valence-electron chi connectivity index (χ4n) is 1.74. The molecular weight excluding hydrogens is 192 g/mol. The summed E-state index contributed by atoms with van der Waals surface area (Å²) in [5, 5.41) is 10.0. The van der Waals surface area contributed by atoms with Crippen LogP contribution in [0.5, 0.6) is 0 Å². The number of rotatable bonds is 4. The molecule has 2 rings (SSSR count). The molecule has 1 aliphatic rings. The maximum Gasteiger partial charge on any atom is 0.0803 e. The van der Waals surface area contributed by atoms with E-state index in [2.05, 4.69) is 12.3 Å². The molecule has 14 heavy (non-hydrogen) atoms. The summed E-state index contributed by atoms with van der Waals surface area (Å²) in [7, 11) is 0. The highest BCUT2D eigenvalue weighted by atomic mass is 32.2. The van der Waals surface area contributed by atoms with E-state index in [-0.39, 0.29) is 6.10 Å². The van der Waals surface area contributed by atoms with Crippen molar-refractivity contribution in [3.8, 4) is 0 Å². The smallest absolute Gasteiger partial charge is 0.0803 e. The summed E-state index contributed by atoms with van der Waals surface area (Å²) in [5.74, 6) is 0.778. The minimum atomic E-state index is -0.258. The van der Waals surface area contributed by atoms with Gasteiger partial charge in [0.05, 0.1) is 6.10 Å². The Bertz CT molecular complexity index is 307. The molecule has 1 unspecified atom stereocenters. The predicted octanol–water partition coefficient (Wildman–Crippen LogP) is 3.24. The molecule has 0 aliphatic heterocycles. The lowest BCUT2D eigenvalue weighted by Gasteiger charge is -2.13. The van der Waals surface area contributed by atoms with Crippen LogP contribution in [0.4, 0.5) is 0 Å². The highest BCUT2D eigenvalue weighted by Crippen LogP contribution is 2.39. The van der Waals surface area contributed by atoms with Crippen molar-refractivity contribution in [1.29, 1.82) is 0 Å². The quantitative estimate of drug-likeness (QED) is 0.766.